The van der Waals surface area contributed by atoms with Crippen LogP contribution in [0, 0.1) is 11.6 Å². The summed E-state index contributed by atoms with van der Waals surface area (Å²) in [6.07, 6.45) is 2.67. The normalized spacial score (nSPS) is 18.0. The van der Waals surface area contributed by atoms with Crippen molar-refractivity contribution in [3.63, 3.8) is 0 Å². The predicted octanol–water partition coefficient (Wildman–Crippen LogP) is 3.78. The second-order valence-electron chi connectivity index (χ2n) is 10.6. The van der Waals surface area contributed by atoms with E-state index >= 15 is 4.39 Å². The van der Waals surface area contributed by atoms with Crippen molar-refractivity contribution in [1.29, 1.82) is 0 Å². The van der Waals surface area contributed by atoms with Crippen LogP contribution in [0.25, 0.3) is 16.9 Å². The van der Waals surface area contributed by atoms with Gasteiger partial charge in [-0.2, -0.15) is 0 Å². The van der Waals surface area contributed by atoms with Gasteiger partial charge in [0, 0.05) is 69.5 Å². The molecule has 12 heteroatoms. The van der Waals surface area contributed by atoms with Crippen LogP contribution in [-0.4, -0.2) is 94.1 Å². The van der Waals surface area contributed by atoms with E-state index in [1.165, 1.54) is 29.5 Å². The number of carbonyl (C=O) groups is 1. The lowest BCUT2D eigenvalue weighted by Gasteiger charge is -2.36. The number of amides is 1. The molecule has 216 valence electrons. The molecule has 2 saturated heterocycles. The number of fused-ring (bicyclic) bond motifs is 1. The van der Waals surface area contributed by atoms with Gasteiger partial charge in [-0.25, -0.2) is 18.7 Å². The number of piperazine rings is 1. The summed E-state index contributed by atoms with van der Waals surface area (Å²) in [6.45, 7) is 5.79. The van der Waals surface area contributed by atoms with E-state index in [2.05, 4.69) is 4.90 Å². The molecule has 0 bridgehead atoms. The van der Waals surface area contributed by atoms with Crippen LogP contribution >= 0.6 is 11.3 Å². The Morgan fingerprint density at radius 2 is 1.88 bits per heavy atom. The summed E-state index contributed by atoms with van der Waals surface area (Å²) in [5, 5.41) is 12.4. The van der Waals surface area contributed by atoms with Gasteiger partial charge in [-0.15, -0.1) is 11.3 Å². The molecule has 0 spiro atoms. The van der Waals surface area contributed by atoms with Gasteiger partial charge in [-0.3, -0.25) is 14.1 Å². The molecule has 5 heterocycles. The molecule has 2 aliphatic rings. The number of aryl methyl sites for hydroxylation is 1. The Morgan fingerprint density at radius 1 is 1.12 bits per heavy atom. The first-order valence-electron chi connectivity index (χ1n) is 13.9. The quantitative estimate of drug-likeness (QED) is 0.356. The topological polar surface area (TPSA) is 80.5 Å². The minimum Gasteiger partial charge on any atom is -0.391 e. The maximum atomic E-state index is 15.4. The Kier molecular flexibility index (Phi) is 7.62. The van der Waals surface area contributed by atoms with E-state index in [1.807, 2.05) is 39.7 Å². The highest BCUT2D eigenvalue weighted by Gasteiger charge is 2.28. The number of anilines is 3. The number of imidazole rings is 1. The minimum atomic E-state index is -0.429. The molecule has 1 aromatic carbocycles. The number of rotatable bonds is 7. The fourth-order valence-corrected chi connectivity index (χ4v) is 6.39. The number of hydrogen-bond acceptors (Lipinski definition) is 8. The Balaban J connectivity index is 1.22. The molecule has 1 unspecified atom stereocenters. The molecular weight excluding hydrogens is 548 g/mol. The SMILES string of the molecule is CCc1nc2cc(F)c(N3CCN(CC(=O)N4CCC(O)C4)CC3)cn2c1N(C)c1nc(-c2ccc(F)cc2)cs1. The maximum absolute atomic E-state index is 15.4. The Hall–Kier alpha value is -3.61. The van der Waals surface area contributed by atoms with Crippen molar-refractivity contribution in [2.45, 2.75) is 25.9 Å². The number of hydrogen-bond donors (Lipinski definition) is 1. The van der Waals surface area contributed by atoms with Crippen LogP contribution < -0.4 is 9.80 Å². The zero-order valence-corrected chi connectivity index (χ0v) is 23.9. The average molecular weight is 582 g/mol. The molecule has 0 saturated carbocycles. The van der Waals surface area contributed by atoms with Gasteiger partial charge in [0.2, 0.25) is 5.91 Å². The highest BCUT2D eigenvalue weighted by molar-refractivity contribution is 7.14. The number of carbonyl (C=O) groups excluding carboxylic acids is 1. The van der Waals surface area contributed by atoms with Gasteiger partial charge >= 0.3 is 0 Å². The van der Waals surface area contributed by atoms with Crippen LogP contribution in [-0.2, 0) is 11.2 Å². The second-order valence-corrected chi connectivity index (χ2v) is 11.4. The number of aromatic nitrogens is 3. The highest BCUT2D eigenvalue weighted by atomic mass is 32.1. The number of aliphatic hydroxyl groups is 1. The first-order chi connectivity index (χ1) is 19.8. The fraction of sp³-hybridized carbons (Fsp3) is 0.414. The Bertz CT molecular complexity index is 1550. The molecule has 0 aliphatic carbocycles. The summed E-state index contributed by atoms with van der Waals surface area (Å²) in [5.41, 5.74) is 3.44. The lowest BCUT2D eigenvalue weighted by atomic mass is 10.2. The van der Waals surface area contributed by atoms with Crippen molar-refractivity contribution in [2.24, 2.45) is 0 Å². The standard InChI is InChI=1S/C29H33F2N7O2S/c1-3-23-28(34(2)29-33-24(18-41-29)19-4-6-20(30)7-5-19)38-16-25(22(31)14-26(38)32-23)36-12-10-35(11-13-36)17-27(40)37-9-8-21(39)15-37/h4-7,14,16,18,21,39H,3,8-13,15,17H2,1-2H3. The predicted molar refractivity (Wildman–Crippen MR) is 156 cm³/mol. The van der Waals surface area contributed by atoms with Crippen molar-refractivity contribution in [1.82, 2.24) is 24.2 Å². The van der Waals surface area contributed by atoms with Crippen molar-refractivity contribution in [3.8, 4) is 11.3 Å². The van der Waals surface area contributed by atoms with Gasteiger partial charge < -0.3 is 19.8 Å². The van der Waals surface area contributed by atoms with Gasteiger partial charge in [0.25, 0.3) is 0 Å². The molecule has 3 aromatic heterocycles. The van der Waals surface area contributed by atoms with Crippen molar-refractivity contribution in [3.05, 3.63) is 59.2 Å². The maximum Gasteiger partial charge on any atom is 0.236 e. The summed E-state index contributed by atoms with van der Waals surface area (Å²) in [6, 6.07) is 7.74. The number of thiazole rings is 1. The summed E-state index contributed by atoms with van der Waals surface area (Å²) in [5.74, 6) is 0.231. The third-order valence-electron chi connectivity index (χ3n) is 7.89. The fourth-order valence-electron chi connectivity index (χ4n) is 5.58. The number of halogens is 2. The zero-order chi connectivity index (χ0) is 28.7. The van der Waals surface area contributed by atoms with Gasteiger partial charge in [0.1, 0.15) is 17.3 Å². The lowest BCUT2D eigenvalue weighted by molar-refractivity contribution is -0.131. The third-order valence-corrected chi connectivity index (χ3v) is 8.81. The summed E-state index contributed by atoms with van der Waals surface area (Å²) in [4.78, 5) is 29.9. The molecule has 1 N–H and O–H groups in total. The second kappa shape index (κ2) is 11.3. The number of benzene rings is 1. The number of pyridine rings is 1. The van der Waals surface area contributed by atoms with Gasteiger partial charge in [-0.05, 0) is 37.1 Å². The summed E-state index contributed by atoms with van der Waals surface area (Å²) < 4.78 is 30.7. The number of nitrogens with zero attached hydrogens (tertiary/aromatic N) is 7. The molecule has 6 rings (SSSR count). The number of β-amino-alcohol motifs (C(OH)–C–C–N with tert-alkyl or cyclic N) is 1. The van der Waals surface area contributed by atoms with Gasteiger partial charge in [0.15, 0.2) is 10.9 Å². The Morgan fingerprint density at radius 3 is 2.56 bits per heavy atom. The van der Waals surface area contributed by atoms with E-state index < -0.39 is 6.10 Å². The first-order valence-corrected chi connectivity index (χ1v) is 14.8. The van der Waals surface area contributed by atoms with Crippen molar-refractivity contribution in [2.75, 3.05) is 62.7 Å². The van der Waals surface area contributed by atoms with Crippen LogP contribution in [0.15, 0.2) is 41.9 Å². The molecule has 0 radical (unpaired) electrons. The molecule has 1 amide bonds. The number of aliphatic hydroxyl groups excluding tert-OH is 1. The molecule has 1 atom stereocenters. The van der Waals surface area contributed by atoms with Crippen LogP contribution in [0.1, 0.15) is 19.0 Å². The van der Waals surface area contributed by atoms with Crippen LogP contribution in [0.4, 0.5) is 25.4 Å². The van der Waals surface area contributed by atoms with Gasteiger partial charge in [-0.1, -0.05) is 6.92 Å². The van der Waals surface area contributed by atoms with Crippen LogP contribution in [0.3, 0.4) is 0 Å². The van der Waals surface area contributed by atoms with E-state index in [-0.39, 0.29) is 17.5 Å². The molecule has 9 nitrogen and oxygen atoms in total. The van der Waals surface area contributed by atoms with Crippen LogP contribution in [0.2, 0.25) is 0 Å². The van der Waals surface area contributed by atoms with Gasteiger partial charge in [0.05, 0.1) is 29.7 Å². The zero-order valence-electron chi connectivity index (χ0n) is 23.1. The lowest BCUT2D eigenvalue weighted by Crippen LogP contribution is -2.50. The first kappa shape index (κ1) is 27.6. The van der Waals surface area contributed by atoms with Crippen molar-refractivity contribution < 1.29 is 18.7 Å². The molecular formula is C29H33F2N7O2S. The van der Waals surface area contributed by atoms with Crippen LogP contribution in [0.5, 0.6) is 0 Å². The molecule has 2 fully saturated rings. The highest BCUT2D eigenvalue weighted by Crippen LogP contribution is 2.35. The average Bonchev–Trinajstić information content (AvgIpc) is 3.71. The summed E-state index contributed by atoms with van der Waals surface area (Å²) >= 11 is 1.48. The monoisotopic (exact) mass is 581 g/mol. The number of likely N-dealkylation sites (tertiary alicyclic amines) is 1. The smallest absolute Gasteiger partial charge is 0.236 e. The largest absolute Gasteiger partial charge is 0.391 e. The van der Waals surface area contributed by atoms with E-state index in [0.29, 0.717) is 70.0 Å². The third kappa shape index (κ3) is 5.51. The molecule has 2 aliphatic heterocycles. The molecule has 4 aromatic rings. The Labute approximate surface area is 241 Å². The van der Waals surface area contributed by atoms with E-state index in [0.717, 1.165) is 27.9 Å². The van der Waals surface area contributed by atoms with Crippen molar-refractivity contribution >= 4 is 39.5 Å². The minimum absolute atomic E-state index is 0.0329. The van der Waals surface area contributed by atoms with E-state index in [4.69, 9.17) is 9.97 Å². The molecule has 41 heavy (non-hydrogen) atoms. The van der Waals surface area contributed by atoms with E-state index in [9.17, 15) is 14.3 Å². The van der Waals surface area contributed by atoms with E-state index in [1.54, 1.807) is 17.0 Å². The summed E-state index contributed by atoms with van der Waals surface area (Å²) in [7, 11) is 1.92.